The van der Waals surface area contributed by atoms with Crippen LogP contribution in [-0.2, 0) is 11.2 Å². The first kappa shape index (κ1) is 21.5. The summed E-state index contributed by atoms with van der Waals surface area (Å²) in [5, 5.41) is 21.7. The highest BCUT2D eigenvalue weighted by atomic mass is 16.5. The Bertz CT molecular complexity index is 1170. The highest BCUT2D eigenvalue weighted by molar-refractivity contribution is 5.91. The van der Waals surface area contributed by atoms with E-state index in [9.17, 15) is 9.90 Å². The number of hydrogen-bond acceptors (Lipinski definition) is 8. The van der Waals surface area contributed by atoms with Crippen LogP contribution in [0.25, 0.3) is 17.5 Å². The Morgan fingerprint density at radius 2 is 2.09 bits per heavy atom. The van der Waals surface area contributed by atoms with Crippen LogP contribution in [0.1, 0.15) is 66.8 Å². The molecule has 0 spiro atoms. The molecule has 9 nitrogen and oxygen atoms in total. The van der Waals surface area contributed by atoms with E-state index >= 15 is 0 Å². The Morgan fingerprint density at radius 1 is 1.23 bits per heavy atom. The van der Waals surface area contributed by atoms with Gasteiger partial charge < -0.3 is 25.0 Å². The van der Waals surface area contributed by atoms with Crippen molar-refractivity contribution in [2.75, 3.05) is 18.5 Å². The van der Waals surface area contributed by atoms with Gasteiger partial charge in [-0.25, -0.2) is 0 Å². The van der Waals surface area contributed by atoms with Crippen molar-refractivity contribution in [3.63, 3.8) is 0 Å². The zero-order chi connectivity index (χ0) is 23.6. The van der Waals surface area contributed by atoms with Gasteiger partial charge in [-0.2, -0.15) is 4.98 Å². The molecule has 3 N–H and O–H groups in total. The molecule has 8 rings (SSSR count). The van der Waals surface area contributed by atoms with Gasteiger partial charge in [0.05, 0.1) is 28.6 Å². The molecule has 2 aromatic rings. The number of aromatic nitrogens is 3. The normalized spacial score (nSPS) is 34.4. The number of nitrogens with zero attached hydrogens (tertiary/aromatic N) is 3. The predicted molar refractivity (Wildman–Crippen MR) is 127 cm³/mol. The SMILES string of the molecule is O=C(NCC1CCCO1)c1noc(-c2cnc3c(c2NC2C4CC5CC2CC(O)(C5)C4)C=CC3)n1. The van der Waals surface area contributed by atoms with E-state index in [0.717, 1.165) is 62.1 Å². The Morgan fingerprint density at radius 3 is 2.86 bits per heavy atom. The van der Waals surface area contributed by atoms with E-state index in [1.54, 1.807) is 6.20 Å². The zero-order valence-electron chi connectivity index (χ0n) is 19.7. The molecule has 1 amide bonds. The van der Waals surface area contributed by atoms with Crippen LogP contribution < -0.4 is 10.6 Å². The second kappa shape index (κ2) is 8.13. The van der Waals surface area contributed by atoms with Gasteiger partial charge in [-0.05, 0) is 62.7 Å². The largest absolute Gasteiger partial charge is 0.390 e. The number of aliphatic hydroxyl groups is 1. The molecule has 2 aromatic heterocycles. The lowest BCUT2D eigenvalue weighted by atomic mass is 9.52. The van der Waals surface area contributed by atoms with E-state index in [1.807, 2.05) is 0 Å². The third kappa shape index (κ3) is 3.76. The van der Waals surface area contributed by atoms with E-state index in [4.69, 9.17) is 9.26 Å². The molecule has 0 radical (unpaired) electrons. The smallest absolute Gasteiger partial charge is 0.292 e. The van der Waals surface area contributed by atoms with Crippen LogP contribution in [-0.4, -0.2) is 57.0 Å². The average molecular weight is 478 g/mol. The number of pyridine rings is 1. The molecule has 4 bridgehead atoms. The standard InChI is InChI=1S/C26H31N5O4/c32-24(28-12-17-3-2-6-34-17)23-30-25(35-31-23)19-13-27-20-5-1-4-18(20)22(19)29-21-15-7-14-8-16(21)11-26(33,9-14)10-15/h1,4,13-17,21,33H,2-3,5-12H2,(H,27,29)(H,28,32). The molecule has 6 aliphatic rings. The van der Waals surface area contributed by atoms with Gasteiger partial charge in [0, 0.05) is 37.4 Å². The van der Waals surface area contributed by atoms with Crippen LogP contribution in [0.4, 0.5) is 5.69 Å². The number of fused-ring (bicyclic) bond motifs is 1. The number of ether oxygens (including phenoxy) is 1. The molecule has 9 heteroatoms. The summed E-state index contributed by atoms with van der Waals surface area (Å²) in [5.41, 5.74) is 3.26. The van der Waals surface area contributed by atoms with Crippen LogP contribution in [0.5, 0.6) is 0 Å². The fourth-order valence-electron chi connectivity index (χ4n) is 7.41. The Balaban J connectivity index is 1.16. The minimum atomic E-state index is -0.476. The van der Waals surface area contributed by atoms with Crippen LogP contribution >= 0.6 is 0 Å². The first-order chi connectivity index (χ1) is 17.0. The lowest BCUT2D eigenvalue weighted by molar-refractivity contribution is -0.129. The molecular weight excluding hydrogens is 446 g/mol. The van der Waals surface area contributed by atoms with Crippen molar-refractivity contribution >= 4 is 17.7 Å². The van der Waals surface area contributed by atoms with Crippen molar-refractivity contribution < 1.29 is 19.2 Å². The quantitative estimate of drug-likeness (QED) is 0.580. The molecule has 35 heavy (non-hydrogen) atoms. The average Bonchev–Trinajstić information content (AvgIpc) is 3.60. The Kier molecular flexibility index (Phi) is 4.99. The number of anilines is 1. The molecule has 3 unspecified atom stereocenters. The molecule has 5 aliphatic carbocycles. The highest BCUT2D eigenvalue weighted by Gasteiger charge is 2.55. The third-order valence-corrected chi connectivity index (χ3v) is 8.72. The van der Waals surface area contributed by atoms with Gasteiger partial charge in [0.25, 0.3) is 17.6 Å². The van der Waals surface area contributed by atoms with Crippen LogP contribution in [0.2, 0.25) is 0 Å². The summed E-state index contributed by atoms with van der Waals surface area (Å²) in [6, 6.07) is 0.295. The van der Waals surface area contributed by atoms with E-state index in [2.05, 4.69) is 37.9 Å². The van der Waals surface area contributed by atoms with Gasteiger partial charge in [-0.3, -0.25) is 9.78 Å². The summed E-state index contributed by atoms with van der Waals surface area (Å²) >= 11 is 0. The number of rotatable bonds is 6. The van der Waals surface area contributed by atoms with Crippen molar-refractivity contribution in [2.24, 2.45) is 17.8 Å². The lowest BCUT2D eigenvalue weighted by Gasteiger charge is -2.58. The highest BCUT2D eigenvalue weighted by Crippen LogP contribution is 2.56. The first-order valence-corrected chi connectivity index (χ1v) is 13.0. The van der Waals surface area contributed by atoms with Crippen LogP contribution in [0, 0.1) is 17.8 Å². The molecule has 0 aromatic carbocycles. The van der Waals surface area contributed by atoms with Gasteiger partial charge in [0.1, 0.15) is 0 Å². The van der Waals surface area contributed by atoms with Gasteiger partial charge in [0.2, 0.25) is 0 Å². The molecule has 3 atom stereocenters. The van der Waals surface area contributed by atoms with Crippen molar-refractivity contribution in [1.82, 2.24) is 20.4 Å². The minimum absolute atomic E-state index is 0.0110. The maximum Gasteiger partial charge on any atom is 0.292 e. The number of hydrogen-bond donors (Lipinski definition) is 3. The maximum absolute atomic E-state index is 12.6. The van der Waals surface area contributed by atoms with E-state index in [1.165, 1.54) is 12.8 Å². The second-order valence-corrected chi connectivity index (χ2v) is 11.1. The zero-order valence-corrected chi connectivity index (χ0v) is 19.7. The second-order valence-electron chi connectivity index (χ2n) is 11.1. The number of amides is 1. The van der Waals surface area contributed by atoms with Crippen molar-refractivity contribution in [3.05, 3.63) is 29.4 Å². The number of carbonyl (C=O) groups excluding carboxylic acids is 1. The van der Waals surface area contributed by atoms with Crippen molar-refractivity contribution in [3.8, 4) is 11.5 Å². The lowest BCUT2D eigenvalue weighted by Crippen LogP contribution is -2.59. The number of allylic oxidation sites excluding steroid dienone is 1. The summed E-state index contributed by atoms with van der Waals surface area (Å²) in [5.74, 6) is 1.48. The van der Waals surface area contributed by atoms with Gasteiger partial charge >= 0.3 is 0 Å². The van der Waals surface area contributed by atoms with E-state index < -0.39 is 5.60 Å². The van der Waals surface area contributed by atoms with Crippen LogP contribution in [0.3, 0.4) is 0 Å². The van der Waals surface area contributed by atoms with Gasteiger partial charge in [0.15, 0.2) is 0 Å². The number of carbonyl (C=O) groups is 1. The minimum Gasteiger partial charge on any atom is -0.390 e. The Hall–Kier alpha value is -2.78. The Labute approximate surface area is 203 Å². The van der Waals surface area contributed by atoms with Gasteiger partial charge in [-0.1, -0.05) is 17.3 Å². The van der Waals surface area contributed by atoms with Gasteiger partial charge in [-0.15, -0.1) is 0 Å². The molecular formula is C26H31N5O4. The fraction of sp³-hybridized carbons (Fsp3) is 0.615. The fourth-order valence-corrected chi connectivity index (χ4v) is 7.41. The predicted octanol–water partition coefficient (Wildman–Crippen LogP) is 2.96. The molecule has 184 valence electrons. The summed E-state index contributed by atoms with van der Waals surface area (Å²) < 4.78 is 11.1. The summed E-state index contributed by atoms with van der Waals surface area (Å²) in [6.07, 6.45) is 13.8. The molecule has 5 fully saturated rings. The first-order valence-electron chi connectivity index (χ1n) is 13.0. The molecule has 1 aliphatic heterocycles. The molecule has 1 saturated heterocycles. The summed E-state index contributed by atoms with van der Waals surface area (Å²) in [6.45, 7) is 1.18. The number of nitrogens with one attached hydrogen (secondary N) is 2. The third-order valence-electron chi connectivity index (χ3n) is 8.72. The summed E-state index contributed by atoms with van der Waals surface area (Å²) in [7, 11) is 0. The van der Waals surface area contributed by atoms with E-state index in [-0.39, 0.29) is 23.7 Å². The van der Waals surface area contributed by atoms with Crippen molar-refractivity contribution in [1.29, 1.82) is 0 Å². The monoisotopic (exact) mass is 477 g/mol. The van der Waals surface area contributed by atoms with Crippen LogP contribution in [0.15, 0.2) is 16.8 Å². The molecule has 4 saturated carbocycles. The summed E-state index contributed by atoms with van der Waals surface area (Å²) in [4.78, 5) is 21.7. The maximum atomic E-state index is 12.6. The van der Waals surface area contributed by atoms with Crippen molar-refractivity contribution in [2.45, 2.75) is 69.1 Å². The topological polar surface area (TPSA) is 122 Å². The molecule has 3 heterocycles. The van der Waals surface area contributed by atoms with E-state index in [0.29, 0.717) is 35.9 Å².